The molecule has 1 aliphatic heterocycles. The van der Waals surface area contributed by atoms with Crippen molar-refractivity contribution < 1.29 is 4.79 Å². The van der Waals surface area contributed by atoms with Crippen molar-refractivity contribution in [2.45, 2.75) is 25.8 Å². The fourth-order valence-electron chi connectivity index (χ4n) is 2.81. The first kappa shape index (κ1) is 16.4. The van der Waals surface area contributed by atoms with E-state index in [0.29, 0.717) is 16.9 Å². The van der Waals surface area contributed by atoms with Gasteiger partial charge in [0.05, 0.1) is 22.8 Å². The Balaban J connectivity index is 1.43. The van der Waals surface area contributed by atoms with Gasteiger partial charge in [-0.1, -0.05) is 5.21 Å². The van der Waals surface area contributed by atoms with Gasteiger partial charge in [0.15, 0.2) is 10.8 Å². The summed E-state index contributed by atoms with van der Waals surface area (Å²) in [6.45, 7) is 4.00. The van der Waals surface area contributed by atoms with Crippen LogP contribution in [-0.2, 0) is 0 Å². The molecule has 7 nitrogen and oxygen atoms in total. The van der Waals surface area contributed by atoms with Crippen LogP contribution in [0.5, 0.6) is 0 Å². The molecule has 9 heteroatoms. The lowest BCUT2D eigenvalue weighted by atomic mass is 10.1. The smallest absolute Gasteiger partial charge is 0.279 e. The Morgan fingerprint density at radius 3 is 2.96 bits per heavy atom. The van der Waals surface area contributed by atoms with Crippen LogP contribution in [0, 0.1) is 6.92 Å². The van der Waals surface area contributed by atoms with Gasteiger partial charge in [0.1, 0.15) is 0 Å². The second-order valence-electron chi connectivity index (χ2n) is 5.97. The number of anilines is 1. The highest BCUT2D eigenvalue weighted by Gasteiger charge is 2.19. The summed E-state index contributed by atoms with van der Waals surface area (Å²) in [5, 5.41) is 16.8. The third-order valence-corrected chi connectivity index (χ3v) is 5.92. The molecule has 1 saturated heterocycles. The van der Waals surface area contributed by atoms with E-state index in [-0.39, 0.29) is 5.91 Å². The first-order chi connectivity index (χ1) is 12.2. The van der Waals surface area contributed by atoms with E-state index in [0.717, 1.165) is 36.5 Å². The van der Waals surface area contributed by atoms with Gasteiger partial charge < -0.3 is 5.32 Å². The molecule has 0 spiro atoms. The topological polar surface area (TPSA) is 84.7 Å². The van der Waals surface area contributed by atoms with Crippen molar-refractivity contribution in [3.05, 3.63) is 34.3 Å². The average Bonchev–Trinajstić information content (AvgIpc) is 3.35. The van der Waals surface area contributed by atoms with Crippen molar-refractivity contribution in [2.24, 2.45) is 0 Å². The van der Waals surface area contributed by atoms with Gasteiger partial charge in [0.2, 0.25) is 0 Å². The molecule has 4 rings (SSSR count). The molecule has 25 heavy (non-hydrogen) atoms. The fraction of sp³-hybridized carbons (Fsp3) is 0.375. The number of rotatable bonds is 4. The summed E-state index contributed by atoms with van der Waals surface area (Å²) in [6, 6.07) is 4.42. The van der Waals surface area contributed by atoms with Gasteiger partial charge in [-0.2, -0.15) is 0 Å². The molecule has 2 N–H and O–H groups in total. The third kappa shape index (κ3) is 3.63. The number of hydrogen-bond acceptors (Lipinski definition) is 7. The summed E-state index contributed by atoms with van der Waals surface area (Å²) < 4.78 is 1.80. The third-order valence-electron chi connectivity index (χ3n) is 4.14. The Bertz CT molecular complexity index is 877. The number of amides is 1. The highest BCUT2D eigenvalue weighted by molar-refractivity contribution is 7.17. The number of nitrogens with one attached hydrogen (secondary N) is 2. The van der Waals surface area contributed by atoms with Crippen LogP contribution in [0.1, 0.15) is 34.2 Å². The molecule has 0 saturated carbocycles. The van der Waals surface area contributed by atoms with Gasteiger partial charge in [-0.15, -0.1) is 27.8 Å². The summed E-state index contributed by atoms with van der Waals surface area (Å²) >= 11 is 3.10. The van der Waals surface area contributed by atoms with Crippen LogP contribution >= 0.6 is 22.7 Å². The molecule has 130 valence electrons. The highest BCUT2D eigenvalue weighted by Crippen LogP contribution is 2.30. The van der Waals surface area contributed by atoms with Crippen LogP contribution in [0.2, 0.25) is 0 Å². The van der Waals surface area contributed by atoms with Crippen LogP contribution in [0.25, 0.3) is 10.6 Å². The second kappa shape index (κ2) is 7.03. The van der Waals surface area contributed by atoms with Crippen molar-refractivity contribution in [1.29, 1.82) is 0 Å². The summed E-state index contributed by atoms with van der Waals surface area (Å²) in [7, 11) is 0. The van der Waals surface area contributed by atoms with E-state index in [4.69, 9.17) is 0 Å². The minimum absolute atomic E-state index is 0.275. The molecule has 0 unspecified atom stereocenters. The average molecular weight is 374 g/mol. The lowest BCUT2D eigenvalue weighted by Crippen LogP contribution is -2.29. The van der Waals surface area contributed by atoms with Crippen molar-refractivity contribution in [3.8, 4) is 10.6 Å². The van der Waals surface area contributed by atoms with Gasteiger partial charge in [-0.05, 0) is 45.0 Å². The summed E-state index contributed by atoms with van der Waals surface area (Å²) in [6.07, 6.45) is 3.73. The van der Waals surface area contributed by atoms with Gasteiger partial charge >= 0.3 is 0 Å². The molecule has 1 aliphatic rings. The van der Waals surface area contributed by atoms with Crippen LogP contribution in [0.3, 0.4) is 0 Å². The van der Waals surface area contributed by atoms with Gasteiger partial charge in [-0.25, -0.2) is 9.67 Å². The van der Waals surface area contributed by atoms with E-state index in [1.165, 1.54) is 16.2 Å². The molecule has 1 amide bonds. The fourth-order valence-corrected chi connectivity index (χ4v) is 4.42. The Labute approximate surface area is 153 Å². The van der Waals surface area contributed by atoms with E-state index in [9.17, 15) is 4.79 Å². The maximum Gasteiger partial charge on any atom is 0.279 e. The first-order valence-electron chi connectivity index (χ1n) is 8.15. The maximum atomic E-state index is 12.4. The summed E-state index contributed by atoms with van der Waals surface area (Å²) in [4.78, 5) is 19.2. The van der Waals surface area contributed by atoms with Crippen LogP contribution in [0.15, 0.2) is 23.7 Å². The molecule has 1 fully saturated rings. The lowest BCUT2D eigenvalue weighted by molar-refractivity contribution is 0.102. The largest absolute Gasteiger partial charge is 0.317 e. The highest BCUT2D eigenvalue weighted by atomic mass is 32.1. The zero-order valence-electron chi connectivity index (χ0n) is 13.7. The second-order valence-corrected chi connectivity index (χ2v) is 8.11. The SMILES string of the molecule is Cc1ccc(-c2csc(NC(=O)c3cn(C4CCNCC4)nn3)n2)s1. The van der Waals surface area contributed by atoms with E-state index in [2.05, 4.69) is 38.9 Å². The maximum absolute atomic E-state index is 12.4. The molecule has 3 aromatic rings. The number of thiophene rings is 1. The number of hydrogen-bond donors (Lipinski definition) is 2. The normalized spacial score (nSPS) is 15.4. The molecule has 0 aliphatic carbocycles. The number of piperidine rings is 1. The monoisotopic (exact) mass is 374 g/mol. The Hall–Kier alpha value is -2.10. The van der Waals surface area contributed by atoms with E-state index < -0.39 is 0 Å². The van der Waals surface area contributed by atoms with Crippen molar-refractivity contribution in [3.63, 3.8) is 0 Å². The number of thiazole rings is 1. The molecular formula is C16H18N6OS2. The lowest BCUT2D eigenvalue weighted by Gasteiger charge is -2.21. The number of aromatic nitrogens is 4. The van der Waals surface area contributed by atoms with Crippen LogP contribution < -0.4 is 10.6 Å². The van der Waals surface area contributed by atoms with Crippen molar-refractivity contribution >= 4 is 33.7 Å². The molecule has 4 heterocycles. The minimum atomic E-state index is -0.275. The zero-order valence-corrected chi connectivity index (χ0v) is 15.4. The van der Waals surface area contributed by atoms with Gasteiger partial charge in [-0.3, -0.25) is 10.1 Å². The number of carbonyl (C=O) groups is 1. The standard InChI is InChI=1S/C16H18N6OS2/c1-10-2-3-14(25-10)13-9-24-16(18-13)19-15(23)12-8-22(21-20-12)11-4-6-17-7-5-11/h2-3,8-9,11,17H,4-7H2,1H3,(H,18,19,23). The van der Waals surface area contributed by atoms with Crippen LogP contribution in [0.4, 0.5) is 5.13 Å². The Morgan fingerprint density at radius 1 is 1.36 bits per heavy atom. The molecular weight excluding hydrogens is 356 g/mol. The van der Waals surface area contributed by atoms with E-state index in [1.807, 2.05) is 11.4 Å². The van der Waals surface area contributed by atoms with Crippen LogP contribution in [-0.4, -0.2) is 39.0 Å². The van der Waals surface area contributed by atoms with Crippen molar-refractivity contribution in [2.75, 3.05) is 18.4 Å². The molecule has 0 atom stereocenters. The zero-order chi connectivity index (χ0) is 17.2. The summed E-state index contributed by atoms with van der Waals surface area (Å²) in [5.74, 6) is -0.275. The van der Waals surface area contributed by atoms with Gasteiger partial charge in [0.25, 0.3) is 5.91 Å². The minimum Gasteiger partial charge on any atom is -0.317 e. The molecule has 0 aromatic carbocycles. The van der Waals surface area contributed by atoms with Gasteiger partial charge in [0, 0.05) is 10.3 Å². The molecule has 0 bridgehead atoms. The predicted octanol–water partition coefficient (Wildman–Crippen LogP) is 2.95. The Kier molecular flexibility index (Phi) is 4.60. The number of carbonyl (C=O) groups excluding carboxylic acids is 1. The summed E-state index contributed by atoms with van der Waals surface area (Å²) in [5.41, 5.74) is 1.21. The Morgan fingerprint density at radius 2 is 2.20 bits per heavy atom. The predicted molar refractivity (Wildman–Crippen MR) is 99.3 cm³/mol. The first-order valence-corrected chi connectivity index (χ1v) is 9.85. The van der Waals surface area contributed by atoms with Crippen molar-refractivity contribution in [1.82, 2.24) is 25.3 Å². The molecule has 3 aromatic heterocycles. The quantitative estimate of drug-likeness (QED) is 0.733. The number of nitrogens with zero attached hydrogens (tertiary/aromatic N) is 4. The van der Waals surface area contributed by atoms with E-state index in [1.54, 1.807) is 22.2 Å². The number of aryl methyl sites for hydroxylation is 1. The van der Waals surface area contributed by atoms with E-state index >= 15 is 0 Å². The molecule has 0 radical (unpaired) electrons.